The number of hydrogen-bond donors (Lipinski definition) is 1. The Hall–Kier alpha value is -3.07. The average Bonchev–Trinajstić information content (AvgIpc) is 3.12. The minimum absolute atomic E-state index is 0.0204. The quantitative estimate of drug-likeness (QED) is 0.706. The number of fused-ring (bicyclic) bond motifs is 2. The van der Waals surface area contributed by atoms with Crippen LogP contribution in [0.25, 0.3) is 11.0 Å². The molecule has 0 radical (unpaired) electrons. The summed E-state index contributed by atoms with van der Waals surface area (Å²) in [7, 11) is -3.59. The predicted octanol–water partition coefficient (Wildman–Crippen LogP) is 1.89. The molecule has 28 heavy (non-hydrogen) atoms. The fraction of sp³-hybridized carbons (Fsp3) is 0.211. The van der Waals surface area contributed by atoms with E-state index in [0.717, 1.165) is 11.6 Å². The largest absolute Gasteiger partial charge is 0.351 e. The highest BCUT2D eigenvalue weighted by Gasteiger charge is 2.28. The Morgan fingerprint density at radius 2 is 1.96 bits per heavy atom. The van der Waals surface area contributed by atoms with Crippen molar-refractivity contribution in [2.24, 2.45) is 0 Å². The maximum atomic E-state index is 13.8. The van der Waals surface area contributed by atoms with Crippen molar-refractivity contribution >= 4 is 32.7 Å². The SMILES string of the molecule is O=C(NCCS(=O)(=O)N1CCc2ccccc21)c1cc(F)cc2nccnc12. The molecule has 9 heteroatoms. The van der Waals surface area contributed by atoms with Gasteiger partial charge in [0.2, 0.25) is 10.0 Å². The van der Waals surface area contributed by atoms with Crippen LogP contribution in [0.3, 0.4) is 0 Å². The van der Waals surface area contributed by atoms with Crippen LogP contribution in [0.2, 0.25) is 0 Å². The zero-order valence-corrected chi connectivity index (χ0v) is 15.6. The number of hydrogen-bond acceptors (Lipinski definition) is 5. The smallest absolute Gasteiger partial charge is 0.253 e. The summed E-state index contributed by atoms with van der Waals surface area (Å²) in [6.07, 6.45) is 3.48. The van der Waals surface area contributed by atoms with Crippen LogP contribution in [0.5, 0.6) is 0 Å². The normalized spacial score (nSPS) is 13.5. The van der Waals surface area contributed by atoms with Crippen molar-refractivity contribution in [1.82, 2.24) is 15.3 Å². The molecule has 0 fully saturated rings. The van der Waals surface area contributed by atoms with E-state index in [1.54, 1.807) is 12.1 Å². The van der Waals surface area contributed by atoms with Gasteiger partial charge in [0.1, 0.15) is 11.3 Å². The number of halogens is 1. The van der Waals surface area contributed by atoms with Gasteiger partial charge in [0.05, 0.1) is 22.5 Å². The van der Waals surface area contributed by atoms with Gasteiger partial charge in [-0.3, -0.25) is 19.1 Å². The Balaban J connectivity index is 1.47. The molecule has 7 nitrogen and oxygen atoms in total. The number of aromatic nitrogens is 2. The standard InChI is InChI=1S/C19H17FN4O3S/c20-14-11-15(18-16(12-14)21-6-7-22-18)19(25)23-8-10-28(26,27)24-9-5-13-3-1-2-4-17(13)24/h1-4,6-7,11-12H,5,8-10H2,(H,23,25). The second kappa shape index (κ2) is 7.16. The minimum atomic E-state index is -3.59. The Kier molecular flexibility index (Phi) is 4.68. The second-order valence-corrected chi connectivity index (χ2v) is 8.41. The van der Waals surface area contributed by atoms with E-state index in [4.69, 9.17) is 0 Å². The topological polar surface area (TPSA) is 92.3 Å². The number of nitrogens with zero attached hydrogens (tertiary/aromatic N) is 3. The molecule has 0 unspecified atom stereocenters. The predicted molar refractivity (Wildman–Crippen MR) is 103 cm³/mol. The molecular formula is C19H17FN4O3S. The van der Waals surface area contributed by atoms with Gasteiger partial charge in [0, 0.05) is 31.5 Å². The summed E-state index contributed by atoms with van der Waals surface area (Å²) in [5.74, 6) is -1.46. The van der Waals surface area contributed by atoms with Crippen molar-refractivity contribution in [2.75, 3.05) is 23.1 Å². The van der Waals surface area contributed by atoms with Crippen molar-refractivity contribution in [3.8, 4) is 0 Å². The summed E-state index contributed by atoms with van der Waals surface area (Å²) in [5.41, 5.74) is 2.21. The monoisotopic (exact) mass is 400 g/mol. The molecule has 144 valence electrons. The maximum Gasteiger partial charge on any atom is 0.253 e. The van der Waals surface area contributed by atoms with Gasteiger partial charge in [-0.2, -0.15) is 0 Å². The number of amides is 1. The molecular weight excluding hydrogens is 383 g/mol. The Bertz CT molecular complexity index is 1170. The van der Waals surface area contributed by atoms with Gasteiger partial charge < -0.3 is 5.32 Å². The van der Waals surface area contributed by atoms with Crippen LogP contribution in [0, 0.1) is 5.82 Å². The van der Waals surface area contributed by atoms with E-state index in [-0.39, 0.29) is 28.9 Å². The van der Waals surface area contributed by atoms with Gasteiger partial charge >= 0.3 is 0 Å². The van der Waals surface area contributed by atoms with Crippen LogP contribution in [0.1, 0.15) is 15.9 Å². The number of carbonyl (C=O) groups excluding carboxylic acids is 1. The second-order valence-electron chi connectivity index (χ2n) is 6.40. The fourth-order valence-electron chi connectivity index (χ4n) is 3.31. The van der Waals surface area contributed by atoms with Gasteiger partial charge in [-0.1, -0.05) is 18.2 Å². The maximum absolute atomic E-state index is 13.8. The number of para-hydroxylation sites is 1. The van der Waals surface area contributed by atoms with E-state index in [0.29, 0.717) is 18.7 Å². The number of nitrogens with one attached hydrogen (secondary N) is 1. The van der Waals surface area contributed by atoms with Gasteiger partial charge in [-0.15, -0.1) is 0 Å². The van der Waals surface area contributed by atoms with Crippen LogP contribution < -0.4 is 9.62 Å². The number of rotatable bonds is 5. The Morgan fingerprint density at radius 1 is 1.18 bits per heavy atom. The number of sulfonamides is 1. The number of carbonyl (C=O) groups is 1. The molecule has 0 bridgehead atoms. The van der Waals surface area contributed by atoms with Crippen LogP contribution in [0.15, 0.2) is 48.8 Å². The molecule has 1 amide bonds. The van der Waals surface area contributed by atoms with Crippen LogP contribution in [-0.2, 0) is 16.4 Å². The molecule has 0 atom stereocenters. The summed E-state index contributed by atoms with van der Waals surface area (Å²) in [6.45, 7) is 0.290. The molecule has 1 aliphatic rings. The summed E-state index contributed by atoms with van der Waals surface area (Å²) in [6, 6.07) is 9.61. The first-order valence-corrected chi connectivity index (χ1v) is 10.3. The number of benzene rings is 2. The zero-order chi connectivity index (χ0) is 19.7. The molecule has 2 aromatic carbocycles. The van der Waals surface area contributed by atoms with Crippen molar-refractivity contribution in [1.29, 1.82) is 0 Å². The van der Waals surface area contributed by atoms with E-state index in [1.165, 1.54) is 22.8 Å². The summed E-state index contributed by atoms with van der Waals surface area (Å²) >= 11 is 0. The van der Waals surface area contributed by atoms with E-state index in [9.17, 15) is 17.6 Å². The molecule has 4 rings (SSSR count). The van der Waals surface area contributed by atoms with Crippen molar-refractivity contribution in [3.63, 3.8) is 0 Å². The van der Waals surface area contributed by atoms with Gasteiger partial charge in [0.25, 0.3) is 5.91 Å². The molecule has 0 spiro atoms. The highest BCUT2D eigenvalue weighted by atomic mass is 32.2. The lowest BCUT2D eigenvalue weighted by molar-refractivity contribution is 0.0957. The first-order valence-electron chi connectivity index (χ1n) is 8.72. The average molecular weight is 400 g/mol. The lowest BCUT2D eigenvalue weighted by atomic mass is 10.1. The Labute approximate surface area is 161 Å². The van der Waals surface area contributed by atoms with E-state index in [1.807, 2.05) is 12.1 Å². The Morgan fingerprint density at radius 3 is 2.82 bits per heavy atom. The first-order chi connectivity index (χ1) is 13.5. The van der Waals surface area contributed by atoms with E-state index >= 15 is 0 Å². The molecule has 0 saturated heterocycles. The van der Waals surface area contributed by atoms with Crippen LogP contribution >= 0.6 is 0 Å². The van der Waals surface area contributed by atoms with Gasteiger partial charge in [-0.25, -0.2) is 12.8 Å². The molecule has 1 aliphatic heterocycles. The van der Waals surface area contributed by atoms with Crippen molar-refractivity contribution < 1.29 is 17.6 Å². The van der Waals surface area contributed by atoms with Crippen LogP contribution in [-0.4, -0.2) is 43.1 Å². The lowest BCUT2D eigenvalue weighted by Crippen LogP contribution is -2.37. The zero-order valence-electron chi connectivity index (χ0n) is 14.8. The van der Waals surface area contributed by atoms with Crippen molar-refractivity contribution in [2.45, 2.75) is 6.42 Å². The van der Waals surface area contributed by atoms with Crippen molar-refractivity contribution in [3.05, 3.63) is 65.7 Å². The van der Waals surface area contributed by atoms with Gasteiger partial charge in [-0.05, 0) is 24.1 Å². The third-order valence-corrected chi connectivity index (χ3v) is 6.38. The summed E-state index contributed by atoms with van der Waals surface area (Å²) < 4.78 is 40.5. The van der Waals surface area contributed by atoms with E-state index in [2.05, 4.69) is 15.3 Å². The summed E-state index contributed by atoms with van der Waals surface area (Å²) in [4.78, 5) is 20.5. The molecule has 2 heterocycles. The first kappa shape index (κ1) is 18.3. The molecule has 1 aromatic heterocycles. The highest BCUT2D eigenvalue weighted by molar-refractivity contribution is 7.92. The third kappa shape index (κ3) is 3.40. The lowest BCUT2D eigenvalue weighted by Gasteiger charge is -2.19. The number of anilines is 1. The molecule has 3 aromatic rings. The minimum Gasteiger partial charge on any atom is -0.351 e. The molecule has 1 N–H and O–H groups in total. The third-order valence-electron chi connectivity index (χ3n) is 4.61. The molecule has 0 aliphatic carbocycles. The highest BCUT2D eigenvalue weighted by Crippen LogP contribution is 2.29. The van der Waals surface area contributed by atoms with Crippen LogP contribution in [0.4, 0.5) is 10.1 Å². The van der Waals surface area contributed by atoms with Gasteiger partial charge in [0.15, 0.2) is 0 Å². The fourth-order valence-corrected chi connectivity index (χ4v) is 4.74. The summed E-state index contributed by atoms with van der Waals surface area (Å²) in [5, 5.41) is 2.54. The van der Waals surface area contributed by atoms with E-state index < -0.39 is 21.7 Å². The molecule has 0 saturated carbocycles.